The lowest BCUT2D eigenvalue weighted by molar-refractivity contribution is -0.126. The quantitative estimate of drug-likeness (QED) is 0.508. The van der Waals surface area contributed by atoms with Gasteiger partial charge in [0.15, 0.2) is 0 Å². The van der Waals surface area contributed by atoms with Crippen molar-refractivity contribution in [1.29, 1.82) is 0 Å². The van der Waals surface area contributed by atoms with E-state index in [9.17, 15) is 13.2 Å². The van der Waals surface area contributed by atoms with Crippen LogP contribution in [-0.2, 0) is 13.5 Å². The Hall–Kier alpha value is -2.20. The van der Waals surface area contributed by atoms with Crippen molar-refractivity contribution in [2.45, 2.75) is 45.3 Å². The molecule has 3 aromatic rings. The van der Waals surface area contributed by atoms with E-state index in [1.54, 1.807) is 6.07 Å². The molecule has 0 bridgehead atoms. The number of rotatable bonds is 6. The summed E-state index contributed by atoms with van der Waals surface area (Å²) in [5.41, 5.74) is 1.47. The Morgan fingerprint density at radius 2 is 2.00 bits per heavy atom. The number of likely N-dealkylation sites (tertiary alicyclic amines) is 1. The molecule has 3 aromatic heterocycles. The van der Waals surface area contributed by atoms with E-state index in [-0.39, 0.29) is 10.3 Å². The van der Waals surface area contributed by atoms with E-state index < -0.39 is 12.6 Å². The molecule has 178 valence electrons. The molecule has 5 rings (SSSR count). The first-order valence-electron chi connectivity index (χ1n) is 11.4. The zero-order valence-corrected chi connectivity index (χ0v) is 20.0. The van der Waals surface area contributed by atoms with E-state index in [0.717, 1.165) is 61.6 Å². The van der Waals surface area contributed by atoms with Crippen molar-refractivity contribution < 1.29 is 13.2 Å². The van der Waals surface area contributed by atoms with Crippen molar-refractivity contribution in [3.8, 4) is 0 Å². The summed E-state index contributed by atoms with van der Waals surface area (Å²) in [6, 6.07) is 1.98. The van der Waals surface area contributed by atoms with Gasteiger partial charge in [0.2, 0.25) is 0 Å². The molecule has 0 radical (unpaired) electrons. The Labute approximate surface area is 195 Å². The second-order valence-corrected chi connectivity index (χ2v) is 10.9. The van der Waals surface area contributed by atoms with Gasteiger partial charge in [0.1, 0.15) is 17.0 Å². The third-order valence-corrected chi connectivity index (χ3v) is 8.23. The van der Waals surface area contributed by atoms with Gasteiger partial charge in [-0.1, -0.05) is 20.3 Å². The van der Waals surface area contributed by atoms with Gasteiger partial charge in [0.05, 0.1) is 18.0 Å². The van der Waals surface area contributed by atoms with E-state index in [1.807, 2.05) is 17.9 Å². The molecule has 2 atom stereocenters. The van der Waals surface area contributed by atoms with Crippen molar-refractivity contribution in [1.82, 2.24) is 24.6 Å². The Balaban J connectivity index is 1.32. The molecule has 2 saturated heterocycles. The number of nitrogens with zero attached hydrogens (tertiary/aromatic N) is 6. The Kier molecular flexibility index (Phi) is 5.63. The Bertz CT molecular complexity index is 1130. The van der Waals surface area contributed by atoms with Gasteiger partial charge in [0.25, 0.3) is 0 Å². The van der Waals surface area contributed by atoms with Crippen LogP contribution in [0.2, 0.25) is 0 Å². The predicted octanol–water partition coefficient (Wildman–Crippen LogP) is 4.83. The maximum Gasteiger partial charge on any atom is 0.393 e. The minimum atomic E-state index is -4.22. The molecule has 0 aliphatic carbocycles. The fourth-order valence-electron chi connectivity index (χ4n) is 5.53. The van der Waals surface area contributed by atoms with Gasteiger partial charge in [-0.25, -0.2) is 9.97 Å². The summed E-state index contributed by atoms with van der Waals surface area (Å²) < 4.78 is 40.5. The minimum absolute atomic E-state index is 0.204. The molecular formula is C23H29F3N6S. The fraction of sp³-hybridized carbons (Fsp3) is 0.609. The highest BCUT2D eigenvalue weighted by Crippen LogP contribution is 2.47. The van der Waals surface area contributed by atoms with Crippen molar-refractivity contribution in [3.63, 3.8) is 0 Å². The number of anilines is 1. The lowest BCUT2D eigenvalue weighted by atomic mass is 9.76. The molecule has 2 aliphatic heterocycles. The van der Waals surface area contributed by atoms with Crippen LogP contribution in [0.5, 0.6) is 0 Å². The molecule has 10 heteroatoms. The van der Waals surface area contributed by atoms with Gasteiger partial charge in [0, 0.05) is 61.3 Å². The molecule has 0 unspecified atom stereocenters. The van der Waals surface area contributed by atoms with Crippen molar-refractivity contribution in [3.05, 3.63) is 35.2 Å². The first-order valence-corrected chi connectivity index (χ1v) is 12.3. The maximum atomic E-state index is 12.9. The van der Waals surface area contributed by atoms with Crippen LogP contribution < -0.4 is 4.90 Å². The molecule has 0 aromatic carbocycles. The highest BCUT2D eigenvalue weighted by molar-refractivity contribution is 7.18. The van der Waals surface area contributed by atoms with E-state index in [1.165, 1.54) is 11.9 Å². The first kappa shape index (κ1) is 22.6. The molecule has 2 fully saturated rings. The lowest BCUT2D eigenvalue weighted by Gasteiger charge is -2.52. The van der Waals surface area contributed by atoms with Gasteiger partial charge in [-0.05, 0) is 18.4 Å². The summed E-state index contributed by atoms with van der Waals surface area (Å²) in [4.78, 5) is 14.4. The molecule has 1 spiro atoms. The van der Waals surface area contributed by atoms with Crippen LogP contribution in [0.3, 0.4) is 0 Å². The number of thiophene rings is 1. The number of fused-ring (bicyclic) bond motifs is 1. The largest absolute Gasteiger partial charge is 0.393 e. The van der Waals surface area contributed by atoms with Gasteiger partial charge in [-0.3, -0.25) is 9.58 Å². The third-order valence-electron chi connectivity index (χ3n) is 7.19. The van der Waals surface area contributed by atoms with Crippen molar-refractivity contribution in [2.75, 3.05) is 31.1 Å². The number of hydrogen-bond donors (Lipinski definition) is 0. The molecule has 0 amide bonds. The fourth-order valence-corrected chi connectivity index (χ4v) is 6.55. The molecule has 5 heterocycles. The SMILES string of the molecule is CC[C@H](C)[C@@H](c1cnn(C)c1)N1CC2(CCN(c3ncnc4sc(CC(F)(F)F)cc34)C2)C1. The molecular weight excluding hydrogens is 449 g/mol. The van der Waals surface area contributed by atoms with Crippen LogP contribution in [-0.4, -0.2) is 57.0 Å². The molecule has 6 nitrogen and oxygen atoms in total. The zero-order chi connectivity index (χ0) is 23.4. The second kappa shape index (κ2) is 8.23. The summed E-state index contributed by atoms with van der Waals surface area (Å²) in [5.74, 6) is 1.30. The Morgan fingerprint density at radius 1 is 1.21 bits per heavy atom. The lowest BCUT2D eigenvalue weighted by Crippen LogP contribution is -2.59. The summed E-state index contributed by atoms with van der Waals surface area (Å²) in [6.07, 6.45) is 2.61. The number of aromatic nitrogens is 4. The van der Waals surface area contributed by atoms with Crippen LogP contribution in [0, 0.1) is 11.3 Å². The highest BCUT2D eigenvalue weighted by Gasteiger charge is 2.50. The van der Waals surface area contributed by atoms with Crippen LogP contribution in [0.25, 0.3) is 10.2 Å². The van der Waals surface area contributed by atoms with E-state index in [2.05, 4.69) is 44.9 Å². The summed E-state index contributed by atoms with van der Waals surface area (Å²) in [6.45, 7) is 8.31. The predicted molar refractivity (Wildman–Crippen MR) is 123 cm³/mol. The average molecular weight is 479 g/mol. The molecule has 0 saturated carbocycles. The number of aryl methyl sites for hydroxylation is 1. The molecule has 33 heavy (non-hydrogen) atoms. The summed E-state index contributed by atoms with van der Waals surface area (Å²) >= 11 is 1.11. The maximum absolute atomic E-state index is 12.9. The molecule has 0 N–H and O–H groups in total. The molecule has 2 aliphatic rings. The Morgan fingerprint density at radius 3 is 2.67 bits per heavy atom. The van der Waals surface area contributed by atoms with Gasteiger partial charge >= 0.3 is 6.18 Å². The van der Waals surface area contributed by atoms with Crippen molar-refractivity contribution in [2.24, 2.45) is 18.4 Å². The minimum Gasteiger partial charge on any atom is -0.355 e. The van der Waals surface area contributed by atoms with Crippen LogP contribution in [0.4, 0.5) is 19.0 Å². The number of halogens is 3. The topological polar surface area (TPSA) is 50.1 Å². The van der Waals surface area contributed by atoms with Crippen LogP contribution in [0.15, 0.2) is 24.8 Å². The normalized spacial score (nSPS) is 20.5. The van der Waals surface area contributed by atoms with E-state index in [0.29, 0.717) is 16.8 Å². The highest BCUT2D eigenvalue weighted by atomic mass is 32.1. The third kappa shape index (κ3) is 4.35. The van der Waals surface area contributed by atoms with Crippen LogP contribution >= 0.6 is 11.3 Å². The van der Waals surface area contributed by atoms with E-state index >= 15 is 0 Å². The first-order chi connectivity index (χ1) is 15.7. The van der Waals surface area contributed by atoms with E-state index in [4.69, 9.17) is 0 Å². The van der Waals surface area contributed by atoms with Crippen LogP contribution in [0.1, 0.15) is 43.2 Å². The van der Waals surface area contributed by atoms with Gasteiger partial charge in [-0.2, -0.15) is 18.3 Å². The monoisotopic (exact) mass is 478 g/mol. The number of alkyl halides is 3. The zero-order valence-electron chi connectivity index (χ0n) is 19.1. The smallest absolute Gasteiger partial charge is 0.355 e. The summed E-state index contributed by atoms with van der Waals surface area (Å²) in [5, 5.41) is 5.13. The summed E-state index contributed by atoms with van der Waals surface area (Å²) in [7, 11) is 1.95. The average Bonchev–Trinajstić information content (AvgIpc) is 3.44. The second-order valence-electron chi connectivity index (χ2n) is 9.78. The van der Waals surface area contributed by atoms with Gasteiger partial charge < -0.3 is 4.90 Å². The van der Waals surface area contributed by atoms with Gasteiger partial charge in [-0.15, -0.1) is 11.3 Å². The standard InChI is InChI=1S/C23H29F3N6S/c1-4-15(2)19(16-9-29-30(3)10-16)32-12-22(13-32)5-6-31(11-22)20-18-7-17(8-23(24,25)26)33-21(18)28-14-27-20/h7,9-10,14-15,19H,4-6,8,11-13H2,1-3H3/t15-,19-/m0/s1. The number of hydrogen-bond acceptors (Lipinski definition) is 6. The van der Waals surface area contributed by atoms with Crippen molar-refractivity contribution >= 4 is 27.4 Å².